The van der Waals surface area contributed by atoms with Gasteiger partial charge >= 0.3 is 6.18 Å². The minimum Gasteiger partial charge on any atom is -0.493 e. The van der Waals surface area contributed by atoms with Crippen LogP contribution in [0.25, 0.3) is 0 Å². The summed E-state index contributed by atoms with van der Waals surface area (Å²) in [7, 11) is 0. The molecule has 0 fully saturated rings. The van der Waals surface area contributed by atoms with Gasteiger partial charge in [0.1, 0.15) is 5.75 Å². The summed E-state index contributed by atoms with van der Waals surface area (Å²) in [5.74, 6) is 0.0374. The number of hydrogen-bond donors (Lipinski definition) is 2. The van der Waals surface area contributed by atoms with Crippen molar-refractivity contribution in [1.29, 1.82) is 0 Å². The molecule has 5 nitrogen and oxygen atoms in total. The molecule has 8 heteroatoms. The van der Waals surface area contributed by atoms with Crippen LogP contribution in [0.2, 0.25) is 0 Å². The van der Waals surface area contributed by atoms with Crippen LogP contribution in [0, 0.1) is 19.3 Å². The van der Waals surface area contributed by atoms with E-state index >= 15 is 0 Å². The van der Waals surface area contributed by atoms with Crippen molar-refractivity contribution in [3.8, 4) is 5.75 Å². The summed E-state index contributed by atoms with van der Waals surface area (Å²) in [6.45, 7) is 8.14. The van der Waals surface area contributed by atoms with E-state index < -0.39 is 23.1 Å². The first kappa shape index (κ1) is 27.8. The standard InChI is InChI=1S/C29H31F3N2O3/c1-19-12-13-20(2)25(16-19)37-15-7-14-28(3,4)27(36)34-23-10-5-8-21(17-23)26(35)33-24-11-6-9-22(18-24)29(30,31)32/h5-6,8-13,16-18H,7,14-15H2,1-4H3,(H,33,35)(H,34,36). The molecule has 0 radical (unpaired) electrons. The molecule has 0 atom stereocenters. The van der Waals surface area contributed by atoms with Crippen molar-refractivity contribution < 1.29 is 27.5 Å². The molecule has 0 saturated carbocycles. The van der Waals surface area contributed by atoms with Crippen LogP contribution in [0.5, 0.6) is 5.75 Å². The number of hydrogen-bond acceptors (Lipinski definition) is 3. The molecule has 3 aromatic rings. The Kier molecular flexibility index (Phi) is 8.63. The average Bonchev–Trinajstić information content (AvgIpc) is 2.83. The van der Waals surface area contributed by atoms with Gasteiger partial charge in [-0.25, -0.2) is 0 Å². The van der Waals surface area contributed by atoms with Crippen LogP contribution in [-0.2, 0) is 11.0 Å². The van der Waals surface area contributed by atoms with Crippen LogP contribution in [-0.4, -0.2) is 18.4 Å². The van der Waals surface area contributed by atoms with E-state index in [4.69, 9.17) is 4.74 Å². The van der Waals surface area contributed by atoms with Gasteiger partial charge in [0.25, 0.3) is 5.91 Å². The van der Waals surface area contributed by atoms with E-state index in [0.717, 1.165) is 29.0 Å². The predicted octanol–water partition coefficient (Wildman–Crippen LogP) is 7.40. The number of alkyl halides is 3. The van der Waals surface area contributed by atoms with E-state index in [1.54, 1.807) is 12.1 Å². The Balaban J connectivity index is 1.57. The predicted molar refractivity (Wildman–Crippen MR) is 139 cm³/mol. The summed E-state index contributed by atoms with van der Waals surface area (Å²) in [5, 5.41) is 5.31. The lowest BCUT2D eigenvalue weighted by Gasteiger charge is -2.24. The molecule has 3 rings (SSSR count). The number of ether oxygens (including phenoxy) is 1. The average molecular weight is 513 g/mol. The van der Waals surface area contributed by atoms with Gasteiger partial charge in [-0.2, -0.15) is 13.2 Å². The third-order valence-electron chi connectivity index (χ3n) is 5.99. The molecule has 0 saturated heterocycles. The van der Waals surface area contributed by atoms with Gasteiger partial charge < -0.3 is 15.4 Å². The first-order valence-electron chi connectivity index (χ1n) is 12.0. The number of aryl methyl sites for hydroxylation is 2. The van der Waals surface area contributed by atoms with E-state index in [-0.39, 0.29) is 17.2 Å². The molecule has 0 aliphatic heterocycles. The fraction of sp³-hybridized carbons (Fsp3) is 0.310. The number of halogens is 3. The van der Waals surface area contributed by atoms with E-state index in [1.807, 2.05) is 45.9 Å². The molecular formula is C29H31F3N2O3. The second-order valence-corrected chi connectivity index (χ2v) is 9.67. The first-order valence-corrected chi connectivity index (χ1v) is 12.0. The van der Waals surface area contributed by atoms with E-state index in [1.165, 1.54) is 24.3 Å². The molecule has 2 N–H and O–H groups in total. The van der Waals surface area contributed by atoms with Crippen molar-refractivity contribution in [2.45, 2.75) is 46.7 Å². The van der Waals surface area contributed by atoms with Gasteiger partial charge in [0.15, 0.2) is 0 Å². The van der Waals surface area contributed by atoms with Crippen LogP contribution in [0.3, 0.4) is 0 Å². The maximum absolute atomic E-state index is 12.9. The fourth-order valence-electron chi connectivity index (χ4n) is 3.69. The lowest BCUT2D eigenvalue weighted by molar-refractivity contribution is -0.137. The third-order valence-corrected chi connectivity index (χ3v) is 5.99. The lowest BCUT2D eigenvalue weighted by atomic mass is 9.87. The van der Waals surface area contributed by atoms with E-state index in [0.29, 0.717) is 25.1 Å². The second kappa shape index (κ2) is 11.5. The lowest BCUT2D eigenvalue weighted by Crippen LogP contribution is -2.31. The second-order valence-electron chi connectivity index (χ2n) is 9.67. The van der Waals surface area contributed by atoms with Crippen molar-refractivity contribution in [2.75, 3.05) is 17.2 Å². The van der Waals surface area contributed by atoms with Crippen LogP contribution >= 0.6 is 0 Å². The maximum Gasteiger partial charge on any atom is 0.416 e. The van der Waals surface area contributed by atoms with Crippen molar-refractivity contribution >= 4 is 23.2 Å². The largest absolute Gasteiger partial charge is 0.493 e. The molecule has 0 spiro atoms. The number of rotatable bonds is 9. The summed E-state index contributed by atoms with van der Waals surface area (Å²) in [6.07, 6.45) is -3.25. The van der Waals surface area contributed by atoms with Gasteiger partial charge in [0.05, 0.1) is 12.2 Å². The number of carbonyl (C=O) groups is 2. The minimum absolute atomic E-state index is 0.0264. The Morgan fingerprint density at radius 1 is 0.865 bits per heavy atom. The monoisotopic (exact) mass is 512 g/mol. The van der Waals surface area contributed by atoms with Crippen molar-refractivity contribution in [1.82, 2.24) is 0 Å². The van der Waals surface area contributed by atoms with Gasteiger partial charge in [-0.1, -0.05) is 38.1 Å². The molecule has 0 aromatic heterocycles. The van der Waals surface area contributed by atoms with Crippen molar-refractivity contribution in [3.05, 3.63) is 89.0 Å². The van der Waals surface area contributed by atoms with E-state index in [9.17, 15) is 22.8 Å². The van der Waals surface area contributed by atoms with Gasteiger partial charge in [-0.05, 0) is 80.3 Å². The van der Waals surface area contributed by atoms with Gasteiger partial charge in [0, 0.05) is 22.4 Å². The van der Waals surface area contributed by atoms with Crippen LogP contribution in [0.4, 0.5) is 24.5 Å². The molecule has 0 aliphatic carbocycles. The Morgan fingerprint density at radius 2 is 1.54 bits per heavy atom. The van der Waals surface area contributed by atoms with Crippen LogP contribution in [0.15, 0.2) is 66.7 Å². The highest BCUT2D eigenvalue weighted by Crippen LogP contribution is 2.31. The smallest absolute Gasteiger partial charge is 0.416 e. The highest BCUT2D eigenvalue weighted by Gasteiger charge is 2.30. The molecule has 196 valence electrons. The molecule has 2 amide bonds. The van der Waals surface area contributed by atoms with Gasteiger partial charge in [-0.15, -0.1) is 0 Å². The fourth-order valence-corrected chi connectivity index (χ4v) is 3.69. The number of anilines is 2. The molecule has 0 heterocycles. The Bertz CT molecular complexity index is 1270. The molecular weight excluding hydrogens is 481 g/mol. The molecule has 0 unspecified atom stereocenters. The highest BCUT2D eigenvalue weighted by atomic mass is 19.4. The third kappa shape index (κ3) is 7.84. The molecule has 3 aromatic carbocycles. The molecule has 0 aliphatic rings. The van der Waals surface area contributed by atoms with Crippen LogP contribution < -0.4 is 15.4 Å². The summed E-state index contributed by atoms with van der Waals surface area (Å²) in [5.41, 5.74) is 1.27. The minimum atomic E-state index is -4.51. The Labute approximate surface area is 215 Å². The SMILES string of the molecule is Cc1ccc(C)c(OCCCC(C)(C)C(=O)Nc2cccc(C(=O)Nc3cccc(C(F)(F)F)c3)c2)c1. The zero-order chi connectivity index (χ0) is 27.2. The number of carbonyl (C=O) groups excluding carboxylic acids is 2. The van der Waals surface area contributed by atoms with Crippen LogP contribution in [0.1, 0.15) is 53.7 Å². The number of benzene rings is 3. The number of nitrogens with one attached hydrogen (secondary N) is 2. The normalized spacial score (nSPS) is 11.6. The summed E-state index contributed by atoms with van der Waals surface area (Å²) in [6, 6.07) is 16.7. The quantitative estimate of drug-likeness (QED) is 0.294. The first-order chi connectivity index (χ1) is 17.3. The Hall–Kier alpha value is -3.81. The zero-order valence-corrected chi connectivity index (χ0v) is 21.3. The molecule has 0 bridgehead atoms. The highest BCUT2D eigenvalue weighted by molar-refractivity contribution is 6.05. The van der Waals surface area contributed by atoms with Crippen molar-refractivity contribution in [3.63, 3.8) is 0 Å². The molecule has 37 heavy (non-hydrogen) atoms. The summed E-state index contributed by atoms with van der Waals surface area (Å²) >= 11 is 0. The van der Waals surface area contributed by atoms with E-state index in [2.05, 4.69) is 10.6 Å². The summed E-state index contributed by atoms with van der Waals surface area (Å²) < 4.78 is 44.7. The Morgan fingerprint density at radius 3 is 2.24 bits per heavy atom. The summed E-state index contributed by atoms with van der Waals surface area (Å²) in [4.78, 5) is 25.6. The maximum atomic E-state index is 12.9. The zero-order valence-electron chi connectivity index (χ0n) is 21.3. The van der Waals surface area contributed by atoms with Gasteiger partial charge in [-0.3, -0.25) is 9.59 Å². The van der Waals surface area contributed by atoms with Crippen molar-refractivity contribution in [2.24, 2.45) is 5.41 Å². The van der Waals surface area contributed by atoms with Gasteiger partial charge in [0.2, 0.25) is 5.91 Å². The topological polar surface area (TPSA) is 67.4 Å². The number of amides is 2.